The van der Waals surface area contributed by atoms with Gasteiger partial charge in [0.25, 0.3) is 0 Å². The molecule has 1 saturated carbocycles. The van der Waals surface area contributed by atoms with Crippen LogP contribution in [0.4, 0.5) is 19.2 Å². The van der Waals surface area contributed by atoms with E-state index in [1.165, 1.54) is 25.0 Å². The van der Waals surface area contributed by atoms with Crippen LogP contribution in [0.1, 0.15) is 60.2 Å². The number of hydrogen-bond donors (Lipinski definition) is 0. The standard InChI is InChI=1S/C24H27F3N6O/c1-14-28-23(34-31-14)32-12-16-4-5-17(13-32)20(16)11-21-29-22-19(3-2-10-33(22)30-21)15-6-8-18(9-7-15)24(25,26)27/h6-9,16-17,19-20H,2-5,10-13H2,1H3/t16-,17+,19?,20?. The van der Waals surface area contributed by atoms with Crippen molar-refractivity contribution in [2.45, 2.75) is 57.7 Å². The van der Waals surface area contributed by atoms with E-state index in [2.05, 4.69) is 15.0 Å². The maximum Gasteiger partial charge on any atom is 0.416 e. The Balaban J connectivity index is 1.19. The molecular formula is C24H27F3N6O. The van der Waals surface area contributed by atoms with Gasteiger partial charge in [-0.25, -0.2) is 9.67 Å². The number of nitrogens with zero attached hydrogens (tertiary/aromatic N) is 6. The molecule has 2 fully saturated rings. The summed E-state index contributed by atoms with van der Waals surface area (Å²) in [6.45, 7) is 4.45. The Morgan fingerprint density at radius 3 is 2.41 bits per heavy atom. The van der Waals surface area contributed by atoms with Gasteiger partial charge in [-0.1, -0.05) is 17.3 Å². The van der Waals surface area contributed by atoms with Crippen LogP contribution in [-0.4, -0.2) is 38.0 Å². The molecule has 1 aliphatic carbocycles. The highest BCUT2D eigenvalue weighted by molar-refractivity contribution is 5.32. The first-order chi connectivity index (χ1) is 16.3. The van der Waals surface area contributed by atoms with Gasteiger partial charge in [-0.3, -0.25) is 0 Å². The number of alkyl halides is 3. The molecule has 4 atom stereocenters. The Labute approximate surface area is 195 Å². The van der Waals surface area contributed by atoms with Crippen molar-refractivity contribution in [2.24, 2.45) is 17.8 Å². The zero-order valence-corrected chi connectivity index (χ0v) is 19.0. The van der Waals surface area contributed by atoms with Gasteiger partial charge in [0.05, 0.1) is 5.56 Å². The van der Waals surface area contributed by atoms with Crippen molar-refractivity contribution in [1.82, 2.24) is 24.9 Å². The highest BCUT2D eigenvalue weighted by atomic mass is 19.4. The monoisotopic (exact) mass is 472 g/mol. The first kappa shape index (κ1) is 21.6. The second kappa shape index (κ2) is 8.09. The number of fused-ring (bicyclic) bond motifs is 3. The number of piperidine rings is 1. The molecule has 1 aromatic carbocycles. The van der Waals surface area contributed by atoms with Crippen LogP contribution in [-0.2, 0) is 19.1 Å². The Bertz CT molecular complexity index is 1160. The van der Waals surface area contributed by atoms with Gasteiger partial charge in [-0.2, -0.15) is 23.3 Å². The van der Waals surface area contributed by atoms with E-state index in [0.717, 1.165) is 56.1 Å². The topological polar surface area (TPSA) is 72.9 Å². The first-order valence-corrected chi connectivity index (χ1v) is 12.0. The first-order valence-electron chi connectivity index (χ1n) is 12.0. The summed E-state index contributed by atoms with van der Waals surface area (Å²) in [5, 5.41) is 8.75. The normalized spacial score (nSPS) is 26.6. The van der Waals surface area contributed by atoms with Crippen molar-refractivity contribution >= 4 is 6.01 Å². The smallest absolute Gasteiger partial charge is 0.324 e. The molecule has 0 spiro atoms. The third kappa shape index (κ3) is 3.86. The van der Waals surface area contributed by atoms with Crippen LogP contribution in [0, 0.1) is 24.7 Å². The predicted octanol–water partition coefficient (Wildman–Crippen LogP) is 4.62. The van der Waals surface area contributed by atoms with Gasteiger partial charge in [-0.05, 0) is 68.1 Å². The highest BCUT2D eigenvalue weighted by Crippen LogP contribution is 2.44. The lowest BCUT2D eigenvalue weighted by Gasteiger charge is -2.36. The molecule has 3 aromatic rings. The average Bonchev–Trinajstić information content (AvgIpc) is 3.48. The van der Waals surface area contributed by atoms with Crippen LogP contribution in [0.3, 0.4) is 0 Å². The van der Waals surface area contributed by atoms with Gasteiger partial charge in [0.2, 0.25) is 0 Å². The second-order valence-corrected chi connectivity index (χ2v) is 9.92. The molecule has 2 aliphatic heterocycles. The van der Waals surface area contributed by atoms with Crippen molar-refractivity contribution in [3.05, 3.63) is 52.9 Å². The van der Waals surface area contributed by atoms with E-state index in [4.69, 9.17) is 14.6 Å². The molecule has 2 aromatic heterocycles. The predicted molar refractivity (Wildman–Crippen MR) is 117 cm³/mol. The molecule has 180 valence electrons. The quantitative estimate of drug-likeness (QED) is 0.552. The summed E-state index contributed by atoms with van der Waals surface area (Å²) in [7, 11) is 0. The molecule has 1 saturated heterocycles. The van der Waals surface area contributed by atoms with E-state index < -0.39 is 11.7 Å². The number of benzene rings is 1. The molecule has 3 aliphatic rings. The van der Waals surface area contributed by atoms with Gasteiger partial charge < -0.3 is 9.42 Å². The van der Waals surface area contributed by atoms with E-state index >= 15 is 0 Å². The Morgan fingerprint density at radius 2 is 1.76 bits per heavy atom. The minimum absolute atomic E-state index is 0.0170. The fourth-order valence-electron chi connectivity index (χ4n) is 6.16. The van der Waals surface area contributed by atoms with E-state index in [-0.39, 0.29) is 5.92 Å². The molecule has 0 radical (unpaired) electrons. The summed E-state index contributed by atoms with van der Waals surface area (Å²) in [4.78, 5) is 11.5. The molecule has 6 rings (SSSR count). The van der Waals surface area contributed by atoms with Crippen molar-refractivity contribution in [2.75, 3.05) is 18.0 Å². The van der Waals surface area contributed by atoms with Crippen LogP contribution in [0.2, 0.25) is 0 Å². The molecule has 34 heavy (non-hydrogen) atoms. The average molecular weight is 473 g/mol. The Kier molecular flexibility index (Phi) is 5.14. The summed E-state index contributed by atoms with van der Waals surface area (Å²) in [5.74, 6) is 3.98. The van der Waals surface area contributed by atoms with Crippen LogP contribution in [0.25, 0.3) is 0 Å². The Hall–Kier alpha value is -2.91. The summed E-state index contributed by atoms with van der Waals surface area (Å²) in [5.41, 5.74) is 0.253. The molecule has 7 nitrogen and oxygen atoms in total. The van der Waals surface area contributed by atoms with Gasteiger partial charge in [0.15, 0.2) is 11.6 Å². The number of hydrogen-bond acceptors (Lipinski definition) is 6. The van der Waals surface area contributed by atoms with Crippen LogP contribution < -0.4 is 4.90 Å². The third-order valence-corrected chi connectivity index (χ3v) is 7.79. The van der Waals surface area contributed by atoms with Crippen molar-refractivity contribution in [1.29, 1.82) is 0 Å². The number of anilines is 1. The molecule has 0 N–H and O–H groups in total. The second-order valence-electron chi connectivity index (χ2n) is 9.92. The van der Waals surface area contributed by atoms with Gasteiger partial charge >= 0.3 is 12.2 Å². The molecule has 2 bridgehead atoms. The van der Waals surface area contributed by atoms with Crippen LogP contribution in [0.15, 0.2) is 28.8 Å². The molecule has 0 amide bonds. The molecule has 10 heteroatoms. The van der Waals surface area contributed by atoms with E-state index in [9.17, 15) is 13.2 Å². The van der Waals surface area contributed by atoms with E-state index in [1.54, 1.807) is 12.1 Å². The Morgan fingerprint density at radius 1 is 1.03 bits per heavy atom. The van der Waals surface area contributed by atoms with Gasteiger partial charge in [0.1, 0.15) is 5.82 Å². The van der Waals surface area contributed by atoms with Crippen molar-refractivity contribution in [3.63, 3.8) is 0 Å². The summed E-state index contributed by atoms with van der Waals surface area (Å²) < 4.78 is 46.3. The number of aryl methyl sites for hydroxylation is 2. The summed E-state index contributed by atoms with van der Waals surface area (Å²) >= 11 is 0. The van der Waals surface area contributed by atoms with E-state index in [1.807, 2.05) is 11.6 Å². The highest BCUT2D eigenvalue weighted by Gasteiger charge is 2.44. The molecular weight excluding hydrogens is 445 g/mol. The SMILES string of the molecule is Cc1noc(N2C[C@H]3CC[C@@H](C2)C3Cc2nc3n(n2)CCCC3c2ccc(C(F)(F)F)cc2)n1. The van der Waals surface area contributed by atoms with Crippen LogP contribution in [0.5, 0.6) is 0 Å². The van der Waals surface area contributed by atoms with Crippen LogP contribution >= 0.6 is 0 Å². The number of rotatable bonds is 4. The third-order valence-electron chi connectivity index (χ3n) is 7.79. The number of halogens is 3. The zero-order valence-electron chi connectivity index (χ0n) is 19.0. The number of aromatic nitrogens is 5. The van der Waals surface area contributed by atoms with Gasteiger partial charge in [-0.15, -0.1) is 0 Å². The lowest BCUT2D eigenvalue weighted by atomic mass is 9.82. The van der Waals surface area contributed by atoms with Gasteiger partial charge in [0, 0.05) is 32.0 Å². The minimum Gasteiger partial charge on any atom is -0.324 e. The fraction of sp³-hybridized carbons (Fsp3) is 0.583. The molecule has 2 unspecified atom stereocenters. The van der Waals surface area contributed by atoms with Crippen molar-refractivity contribution in [3.8, 4) is 0 Å². The zero-order chi connectivity index (χ0) is 23.4. The minimum atomic E-state index is -4.32. The molecule has 4 heterocycles. The lowest BCUT2D eigenvalue weighted by Crippen LogP contribution is -2.43. The summed E-state index contributed by atoms with van der Waals surface area (Å²) in [6, 6.07) is 6.13. The largest absolute Gasteiger partial charge is 0.416 e. The van der Waals surface area contributed by atoms with Crippen molar-refractivity contribution < 1.29 is 17.7 Å². The van der Waals surface area contributed by atoms with E-state index in [0.29, 0.717) is 29.6 Å². The fourth-order valence-corrected chi connectivity index (χ4v) is 6.16. The summed E-state index contributed by atoms with van der Waals surface area (Å²) in [6.07, 6.45) is 0.689. The lowest BCUT2D eigenvalue weighted by molar-refractivity contribution is -0.137. The maximum atomic E-state index is 13.0. The maximum absolute atomic E-state index is 13.0.